The summed E-state index contributed by atoms with van der Waals surface area (Å²) in [5, 5.41) is 0. The fourth-order valence-corrected chi connectivity index (χ4v) is 8.83. The van der Waals surface area contributed by atoms with Crippen molar-refractivity contribution in [3.05, 3.63) is 24.3 Å². The van der Waals surface area contributed by atoms with Crippen molar-refractivity contribution in [1.82, 2.24) is 0 Å². The minimum absolute atomic E-state index is 0.257. The minimum Gasteiger partial charge on any atom is -0.391 e. The van der Waals surface area contributed by atoms with E-state index in [1.54, 1.807) is 0 Å². The third-order valence-corrected chi connectivity index (χ3v) is 9.52. The topological polar surface area (TPSA) is 18.5 Å². The molecule has 0 aromatic heterocycles. The lowest BCUT2D eigenvalue weighted by Gasteiger charge is -2.46. The largest absolute Gasteiger partial charge is 0.391 e. The van der Waals surface area contributed by atoms with Crippen molar-refractivity contribution in [3.8, 4) is 0 Å². The quantitative estimate of drug-likeness (QED) is 0.476. The highest BCUT2D eigenvalue weighted by Gasteiger charge is 2.52. The van der Waals surface area contributed by atoms with E-state index in [4.69, 9.17) is 8.85 Å². The van der Waals surface area contributed by atoms with Crippen LogP contribution in [0.25, 0.3) is 0 Å². The monoisotopic (exact) mass is 308 g/mol. The second kappa shape index (κ2) is 7.75. The second-order valence-corrected chi connectivity index (χ2v) is 10.6. The first-order valence-electron chi connectivity index (χ1n) is 8.70. The van der Waals surface area contributed by atoms with Crippen molar-refractivity contribution < 1.29 is 8.85 Å². The summed E-state index contributed by atoms with van der Waals surface area (Å²) in [6.45, 7) is 8.68. The molecule has 0 aromatic rings. The predicted octanol–water partition coefficient (Wildman–Crippen LogP) is 5.50. The van der Waals surface area contributed by atoms with Gasteiger partial charge in [-0.2, -0.15) is 0 Å². The molecule has 0 amide bonds. The van der Waals surface area contributed by atoms with Gasteiger partial charge in [0.1, 0.15) is 0 Å². The van der Waals surface area contributed by atoms with Crippen molar-refractivity contribution in [2.75, 3.05) is 0 Å². The predicted molar refractivity (Wildman–Crippen MR) is 91.7 cm³/mol. The Balaban J connectivity index is 2.30. The van der Waals surface area contributed by atoms with E-state index < -0.39 is 8.56 Å². The van der Waals surface area contributed by atoms with E-state index in [1.807, 2.05) is 0 Å². The van der Waals surface area contributed by atoms with Crippen molar-refractivity contribution in [3.63, 3.8) is 0 Å². The number of allylic oxidation sites excluding steroid dienone is 4. The van der Waals surface area contributed by atoms with Gasteiger partial charge in [0.2, 0.25) is 0 Å². The molecular formula is C18H32O2Si. The maximum Gasteiger partial charge on any atom is 0.345 e. The molecule has 120 valence electrons. The highest BCUT2D eigenvalue weighted by atomic mass is 28.4. The molecule has 0 aliphatic heterocycles. The average Bonchev–Trinajstić information content (AvgIpc) is 2.47. The maximum absolute atomic E-state index is 6.68. The highest BCUT2D eigenvalue weighted by molar-refractivity contribution is 6.70. The molecule has 0 bridgehead atoms. The SMILES string of the molecule is CC(C)O[Si](OC(C)C)(C1CC=CCC1)C1CC=CCC1. The number of hydrogen-bond donors (Lipinski definition) is 0. The van der Waals surface area contributed by atoms with Gasteiger partial charge in [-0.15, -0.1) is 0 Å². The standard InChI is InChI=1S/C18H32O2Si/c1-15(2)19-21(20-16(3)4,17-11-7-5-8-12-17)18-13-9-6-10-14-18/h5-7,9,15-18H,8,10-14H2,1-4H3. The normalized spacial score (nSPS) is 26.8. The molecule has 3 heteroatoms. The van der Waals surface area contributed by atoms with Gasteiger partial charge in [-0.1, -0.05) is 24.3 Å². The molecule has 2 aliphatic carbocycles. The zero-order chi connectivity index (χ0) is 15.3. The highest BCUT2D eigenvalue weighted by Crippen LogP contribution is 2.48. The van der Waals surface area contributed by atoms with Crippen LogP contribution in [0, 0.1) is 0 Å². The number of rotatable bonds is 6. The van der Waals surface area contributed by atoms with Crippen LogP contribution in [0.3, 0.4) is 0 Å². The van der Waals surface area contributed by atoms with E-state index >= 15 is 0 Å². The fourth-order valence-electron chi connectivity index (χ4n) is 3.80. The van der Waals surface area contributed by atoms with Crippen LogP contribution in [-0.4, -0.2) is 20.8 Å². The molecule has 2 rings (SSSR count). The lowest BCUT2D eigenvalue weighted by molar-refractivity contribution is 0.0853. The number of hydrogen-bond acceptors (Lipinski definition) is 2. The Morgan fingerprint density at radius 3 is 1.48 bits per heavy atom. The Morgan fingerprint density at radius 1 is 0.762 bits per heavy atom. The van der Waals surface area contributed by atoms with Crippen LogP contribution in [0.1, 0.15) is 66.2 Å². The van der Waals surface area contributed by atoms with Crippen LogP contribution < -0.4 is 0 Å². The van der Waals surface area contributed by atoms with Crippen LogP contribution >= 0.6 is 0 Å². The summed E-state index contributed by atoms with van der Waals surface area (Å²) in [5.74, 6) is 0. The fraction of sp³-hybridized carbons (Fsp3) is 0.778. The van der Waals surface area contributed by atoms with E-state index in [9.17, 15) is 0 Å². The van der Waals surface area contributed by atoms with Crippen molar-refractivity contribution >= 4 is 8.56 Å². The summed E-state index contributed by atoms with van der Waals surface area (Å²) >= 11 is 0. The Hall–Kier alpha value is -0.383. The van der Waals surface area contributed by atoms with Gasteiger partial charge in [0.15, 0.2) is 0 Å². The summed E-state index contributed by atoms with van der Waals surface area (Å²) in [5.41, 5.74) is 1.23. The maximum atomic E-state index is 6.68. The Labute approximate surface area is 131 Å². The van der Waals surface area contributed by atoms with Gasteiger partial charge in [0, 0.05) is 23.3 Å². The average molecular weight is 309 g/mol. The molecular weight excluding hydrogens is 276 g/mol. The molecule has 2 atom stereocenters. The molecule has 0 saturated carbocycles. The zero-order valence-corrected chi connectivity index (χ0v) is 15.2. The molecule has 0 heterocycles. The molecule has 0 aromatic carbocycles. The minimum atomic E-state index is -2.22. The molecule has 0 N–H and O–H groups in total. The van der Waals surface area contributed by atoms with Crippen molar-refractivity contribution in [2.45, 2.75) is 89.5 Å². The smallest absolute Gasteiger partial charge is 0.345 e. The van der Waals surface area contributed by atoms with E-state index in [0.29, 0.717) is 11.1 Å². The van der Waals surface area contributed by atoms with Gasteiger partial charge in [-0.3, -0.25) is 0 Å². The van der Waals surface area contributed by atoms with Gasteiger partial charge in [0.25, 0.3) is 0 Å². The summed E-state index contributed by atoms with van der Waals surface area (Å²) in [6.07, 6.45) is 17.0. The van der Waals surface area contributed by atoms with Gasteiger partial charge >= 0.3 is 8.56 Å². The van der Waals surface area contributed by atoms with E-state index in [0.717, 1.165) is 12.8 Å². The van der Waals surface area contributed by atoms with E-state index in [2.05, 4.69) is 52.0 Å². The molecule has 2 aliphatic rings. The molecule has 0 saturated heterocycles. The van der Waals surface area contributed by atoms with E-state index in [-0.39, 0.29) is 12.2 Å². The van der Waals surface area contributed by atoms with E-state index in [1.165, 1.54) is 25.7 Å². The third kappa shape index (κ3) is 4.30. The summed E-state index contributed by atoms with van der Waals surface area (Å²) < 4.78 is 13.4. The molecule has 2 nitrogen and oxygen atoms in total. The molecule has 0 spiro atoms. The third-order valence-electron chi connectivity index (χ3n) is 4.52. The lowest BCUT2D eigenvalue weighted by atomic mass is 10.1. The Bertz CT molecular complexity index is 337. The summed E-state index contributed by atoms with van der Waals surface area (Å²) in [4.78, 5) is 0. The van der Waals surface area contributed by atoms with Crippen LogP contribution in [0.5, 0.6) is 0 Å². The molecule has 2 unspecified atom stereocenters. The van der Waals surface area contributed by atoms with Gasteiger partial charge in [-0.05, 0) is 66.2 Å². The summed E-state index contributed by atoms with van der Waals surface area (Å²) in [7, 11) is -2.22. The van der Waals surface area contributed by atoms with Gasteiger partial charge in [-0.25, -0.2) is 0 Å². The first kappa shape index (κ1) is 17.0. The van der Waals surface area contributed by atoms with Crippen molar-refractivity contribution in [1.29, 1.82) is 0 Å². The Morgan fingerprint density at radius 2 is 1.19 bits per heavy atom. The van der Waals surface area contributed by atoms with Gasteiger partial charge in [0.05, 0.1) is 0 Å². The lowest BCUT2D eigenvalue weighted by Crippen LogP contribution is -2.54. The first-order chi connectivity index (χ1) is 10.0. The Kier molecular flexibility index (Phi) is 6.27. The van der Waals surface area contributed by atoms with Crippen LogP contribution in [0.2, 0.25) is 11.1 Å². The first-order valence-corrected chi connectivity index (χ1v) is 10.7. The van der Waals surface area contributed by atoms with Crippen LogP contribution in [-0.2, 0) is 8.85 Å². The van der Waals surface area contributed by atoms with Crippen molar-refractivity contribution in [2.24, 2.45) is 0 Å². The molecule has 0 radical (unpaired) electrons. The van der Waals surface area contributed by atoms with Crippen LogP contribution in [0.4, 0.5) is 0 Å². The molecule has 0 fully saturated rings. The van der Waals surface area contributed by atoms with Gasteiger partial charge < -0.3 is 8.85 Å². The van der Waals surface area contributed by atoms with Crippen LogP contribution in [0.15, 0.2) is 24.3 Å². The molecule has 21 heavy (non-hydrogen) atoms. The summed E-state index contributed by atoms with van der Waals surface area (Å²) in [6, 6.07) is 0. The second-order valence-electron chi connectivity index (χ2n) is 7.02. The zero-order valence-electron chi connectivity index (χ0n) is 14.2.